The second-order valence-corrected chi connectivity index (χ2v) is 7.76. The maximum Gasteiger partial charge on any atom is 0.410 e. The standard InChI is InChI=1S/C17H25IN2O3/c1-12-11-13(18)8-9-14(12)19-15(21)7-6-10-20(5)16(22)23-17(2,3)4/h8-9,11H,6-7,10H2,1-5H3,(H,19,21). The maximum absolute atomic E-state index is 12.0. The molecule has 1 aromatic carbocycles. The van der Waals surface area contributed by atoms with E-state index in [1.807, 2.05) is 45.9 Å². The lowest BCUT2D eigenvalue weighted by atomic mass is 10.2. The molecule has 0 aliphatic carbocycles. The topological polar surface area (TPSA) is 58.6 Å². The Morgan fingerprint density at radius 2 is 1.96 bits per heavy atom. The highest BCUT2D eigenvalue weighted by Crippen LogP contribution is 2.18. The normalized spacial score (nSPS) is 11.0. The number of benzene rings is 1. The van der Waals surface area contributed by atoms with Gasteiger partial charge < -0.3 is 15.0 Å². The lowest BCUT2D eigenvalue weighted by Gasteiger charge is -2.24. The summed E-state index contributed by atoms with van der Waals surface area (Å²) in [4.78, 5) is 25.3. The van der Waals surface area contributed by atoms with Crippen molar-refractivity contribution >= 4 is 40.3 Å². The highest BCUT2D eigenvalue weighted by atomic mass is 127. The van der Waals surface area contributed by atoms with Gasteiger partial charge in [-0.3, -0.25) is 4.79 Å². The molecule has 0 radical (unpaired) electrons. The molecule has 128 valence electrons. The van der Waals surface area contributed by atoms with E-state index < -0.39 is 5.60 Å². The molecule has 0 aliphatic heterocycles. The summed E-state index contributed by atoms with van der Waals surface area (Å²) >= 11 is 2.24. The zero-order valence-corrected chi connectivity index (χ0v) is 16.6. The van der Waals surface area contributed by atoms with E-state index in [9.17, 15) is 9.59 Å². The van der Waals surface area contributed by atoms with Crippen molar-refractivity contribution in [2.24, 2.45) is 0 Å². The summed E-state index contributed by atoms with van der Waals surface area (Å²) in [6, 6.07) is 5.88. The van der Waals surface area contributed by atoms with Gasteiger partial charge in [0.15, 0.2) is 0 Å². The Morgan fingerprint density at radius 3 is 2.52 bits per heavy atom. The van der Waals surface area contributed by atoms with Crippen LogP contribution in [0.3, 0.4) is 0 Å². The zero-order chi connectivity index (χ0) is 17.6. The van der Waals surface area contributed by atoms with Crippen LogP contribution in [0.5, 0.6) is 0 Å². The van der Waals surface area contributed by atoms with Gasteiger partial charge >= 0.3 is 6.09 Å². The van der Waals surface area contributed by atoms with Crippen molar-refractivity contribution in [1.29, 1.82) is 0 Å². The summed E-state index contributed by atoms with van der Waals surface area (Å²) in [5.41, 5.74) is 1.36. The molecule has 0 saturated heterocycles. The van der Waals surface area contributed by atoms with E-state index in [1.54, 1.807) is 7.05 Å². The average molecular weight is 432 g/mol. The van der Waals surface area contributed by atoms with Crippen molar-refractivity contribution in [1.82, 2.24) is 4.90 Å². The molecule has 0 spiro atoms. The number of aryl methyl sites for hydroxylation is 1. The highest BCUT2D eigenvalue weighted by Gasteiger charge is 2.19. The van der Waals surface area contributed by atoms with E-state index in [0.29, 0.717) is 19.4 Å². The Kier molecular flexibility index (Phi) is 7.31. The predicted molar refractivity (Wildman–Crippen MR) is 101 cm³/mol. The summed E-state index contributed by atoms with van der Waals surface area (Å²) in [5.74, 6) is -0.0492. The highest BCUT2D eigenvalue weighted by molar-refractivity contribution is 14.1. The van der Waals surface area contributed by atoms with Crippen LogP contribution in [-0.4, -0.2) is 36.1 Å². The fourth-order valence-electron chi connectivity index (χ4n) is 1.89. The van der Waals surface area contributed by atoms with Crippen LogP contribution >= 0.6 is 22.6 Å². The molecule has 1 aromatic rings. The number of hydrogen-bond donors (Lipinski definition) is 1. The molecule has 0 saturated carbocycles. The molecule has 1 rings (SSSR count). The number of carbonyl (C=O) groups is 2. The zero-order valence-electron chi connectivity index (χ0n) is 14.4. The third-order valence-electron chi connectivity index (χ3n) is 3.07. The third kappa shape index (κ3) is 7.67. The minimum Gasteiger partial charge on any atom is -0.444 e. The smallest absolute Gasteiger partial charge is 0.410 e. The third-order valence-corrected chi connectivity index (χ3v) is 3.74. The summed E-state index contributed by atoms with van der Waals surface area (Å²) < 4.78 is 6.40. The van der Waals surface area contributed by atoms with Gasteiger partial charge in [-0.25, -0.2) is 4.79 Å². The first-order valence-corrected chi connectivity index (χ1v) is 8.66. The number of anilines is 1. The fourth-order valence-corrected chi connectivity index (χ4v) is 2.53. The number of amides is 2. The van der Waals surface area contributed by atoms with Crippen molar-refractivity contribution in [3.63, 3.8) is 0 Å². The quantitative estimate of drug-likeness (QED) is 0.711. The van der Waals surface area contributed by atoms with Crippen LogP contribution in [0.2, 0.25) is 0 Å². The molecule has 1 N–H and O–H groups in total. The lowest BCUT2D eigenvalue weighted by molar-refractivity contribution is -0.116. The van der Waals surface area contributed by atoms with E-state index in [0.717, 1.165) is 14.8 Å². The number of nitrogens with one attached hydrogen (secondary N) is 1. The van der Waals surface area contributed by atoms with E-state index >= 15 is 0 Å². The number of hydrogen-bond acceptors (Lipinski definition) is 3. The van der Waals surface area contributed by atoms with Crippen molar-refractivity contribution < 1.29 is 14.3 Å². The first kappa shape index (κ1) is 19.7. The van der Waals surface area contributed by atoms with Gasteiger partial charge in [0.25, 0.3) is 0 Å². The Labute approximate surface area is 151 Å². The van der Waals surface area contributed by atoms with Crippen LogP contribution in [0.4, 0.5) is 10.5 Å². The predicted octanol–water partition coefficient (Wildman–Crippen LogP) is 4.19. The molecule has 0 fully saturated rings. The number of carbonyl (C=O) groups excluding carboxylic acids is 2. The van der Waals surface area contributed by atoms with Gasteiger partial charge in [-0.05, 0) is 80.5 Å². The molecule has 0 aliphatic rings. The lowest BCUT2D eigenvalue weighted by Crippen LogP contribution is -2.35. The van der Waals surface area contributed by atoms with Gasteiger partial charge in [-0.1, -0.05) is 0 Å². The Bertz CT molecular complexity index is 567. The Morgan fingerprint density at radius 1 is 1.30 bits per heavy atom. The number of nitrogens with zero attached hydrogens (tertiary/aromatic N) is 1. The first-order chi connectivity index (χ1) is 10.6. The van der Waals surface area contributed by atoms with Crippen molar-refractivity contribution in [3.8, 4) is 0 Å². The van der Waals surface area contributed by atoms with Gasteiger partial charge in [-0.2, -0.15) is 0 Å². The van der Waals surface area contributed by atoms with Crippen LogP contribution in [0.25, 0.3) is 0 Å². The van der Waals surface area contributed by atoms with Crippen molar-refractivity contribution in [2.45, 2.75) is 46.1 Å². The molecule has 23 heavy (non-hydrogen) atoms. The molecule has 0 heterocycles. The summed E-state index contributed by atoms with van der Waals surface area (Å²) in [6.07, 6.45) is 0.579. The van der Waals surface area contributed by atoms with Crippen molar-refractivity contribution in [3.05, 3.63) is 27.3 Å². The second kappa shape index (κ2) is 8.52. The van der Waals surface area contributed by atoms with Crippen LogP contribution < -0.4 is 5.32 Å². The molecule has 0 aromatic heterocycles. The van der Waals surface area contributed by atoms with E-state index in [2.05, 4.69) is 27.9 Å². The monoisotopic (exact) mass is 432 g/mol. The fraction of sp³-hybridized carbons (Fsp3) is 0.529. The van der Waals surface area contributed by atoms with Crippen LogP contribution in [-0.2, 0) is 9.53 Å². The number of halogens is 1. The van der Waals surface area contributed by atoms with Gasteiger partial charge in [0, 0.05) is 29.3 Å². The molecule has 6 heteroatoms. The molecule has 0 atom stereocenters. The van der Waals surface area contributed by atoms with Crippen LogP contribution in [0, 0.1) is 10.5 Å². The SMILES string of the molecule is Cc1cc(I)ccc1NC(=O)CCCN(C)C(=O)OC(C)(C)C. The number of ether oxygens (including phenoxy) is 1. The Hall–Kier alpha value is -1.31. The summed E-state index contributed by atoms with van der Waals surface area (Å²) in [5, 5.41) is 2.90. The Balaban J connectivity index is 2.37. The van der Waals surface area contributed by atoms with Gasteiger partial charge in [0.2, 0.25) is 5.91 Å². The minimum absolute atomic E-state index is 0.0492. The van der Waals surface area contributed by atoms with Gasteiger partial charge in [0.05, 0.1) is 0 Å². The second-order valence-electron chi connectivity index (χ2n) is 6.51. The summed E-state index contributed by atoms with van der Waals surface area (Å²) in [6.45, 7) is 7.93. The van der Waals surface area contributed by atoms with Crippen molar-refractivity contribution in [2.75, 3.05) is 18.9 Å². The molecule has 5 nitrogen and oxygen atoms in total. The van der Waals surface area contributed by atoms with Crippen LogP contribution in [0.1, 0.15) is 39.2 Å². The van der Waals surface area contributed by atoms with E-state index in [1.165, 1.54) is 4.90 Å². The minimum atomic E-state index is -0.509. The van der Waals surface area contributed by atoms with Crippen LogP contribution in [0.15, 0.2) is 18.2 Å². The van der Waals surface area contributed by atoms with E-state index in [4.69, 9.17) is 4.74 Å². The molecule has 2 amide bonds. The van der Waals surface area contributed by atoms with Gasteiger partial charge in [0.1, 0.15) is 5.60 Å². The molecule has 0 bridgehead atoms. The molecular weight excluding hydrogens is 407 g/mol. The van der Waals surface area contributed by atoms with Gasteiger partial charge in [-0.15, -0.1) is 0 Å². The average Bonchev–Trinajstić information content (AvgIpc) is 2.40. The maximum atomic E-state index is 12.0. The largest absolute Gasteiger partial charge is 0.444 e. The molecule has 0 unspecified atom stereocenters. The number of rotatable bonds is 5. The molecular formula is C17H25IN2O3. The summed E-state index contributed by atoms with van der Waals surface area (Å²) in [7, 11) is 1.68. The first-order valence-electron chi connectivity index (χ1n) is 7.58. The van der Waals surface area contributed by atoms with E-state index in [-0.39, 0.29) is 12.0 Å².